The number of rotatable bonds is 6. The minimum absolute atomic E-state index is 0.164. The molecule has 1 amide bonds. The second-order valence-electron chi connectivity index (χ2n) is 9.48. The summed E-state index contributed by atoms with van der Waals surface area (Å²) in [5, 5.41) is 17.2. The highest BCUT2D eigenvalue weighted by Gasteiger charge is 2.71. The van der Waals surface area contributed by atoms with Crippen LogP contribution in [0.25, 0.3) is 11.3 Å². The van der Waals surface area contributed by atoms with Crippen molar-refractivity contribution in [2.75, 3.05) is 5.32 Å². The van der Waals surface area contributed by atoms with Gasteiger partial charge in [0.15, 0.2) is 5.82 Å². The Labute approximate surface area is 183 Å². The van der Waals surface area contributed by atoms with E-state index in [1.165, 1.54) is 0 Å². The molecule has 0 radical (unpaired) electrons. The summed E-state index contributed by atoms with van der Waals surface area (Å²) in [6, 6.07) is 7.39. The minimum Gasteiger partial charge on any atom is -0.386 e. The van der Waals surface area contributed by atoms with E-state index >= 15 is 0 Å². The molecule has 174 valence electrons. The average Bonchev–Trinajstić information content (AvgIpc) is 2.94. The van der Waals surface area contributed by atoms with Gasteiger partial charge in [-0.3, -0.25) is 9.48 Å². The van der Waals surface area contributed by atoms with E-state index in [1.54, 1.807) is 25.6 Å². The molecule has 0 unspecified atom stereocenters. The van der Waals surface area contributed by atoms with Gasteiger partial charge < -0.3 is 10.4 Å². The first kappa shape index (κ1) is 22.8. The zero-order valence-electron chi connectivity index (χ0n) is 18.3. The zero-order chi connectivity index (χ0) is 23.5. The summed E-state index contributed by atoms with van der Waals surface area (Å²) < 4.78 is 55.0. The lowest BCUT2D eigenvalue weighted by atomic mass is 9.74. The van der Waals surface area contributed by atoms with Crippen LogP contribution in [0.1, 0.15) is 63.0 Å². The van der Waals surface area contributed by atoms with Gasteiger partial charge in [-0.1, -0.05) is 30.7 Å². The molecule has 0 spiro atoms. The lowest BCUT2D eigenvalue weighted by Gasteiger charge is -2.43. The molecular weight excluding hydrogens is 426 g/mol. The summed E-state index contributed by atoms with van der Waals surface area (Å²) in [4.78, 5) is 12.4. The fraction of sp³-hybridized carbons (Fsp3) is 0.565. The van der Waals surface area contributed by atoms with Gasteiger partial charge in [0.05, 0.1) is 11.3 Å². The van der Waals surface area contributed by atoms with Gasteiger partial charge in [0.25, 0.3) is 0 Å². The maximum absolute atomic E-state index is 13.6. The minimum atomic E-state index is -4.17. The van der Waals surface area contributed by atoms with Gasteiger partial charge >= 0.3 is 11.8 Å². The molecule has 0 saturated heterocycles. The van der Waals surface area contributed by atoms with E-state index in [0.717, 1.165) is 41.6 Å². The van der Waals surface area contributed by atoms with E-state index in [1.807, 2.05) is 24.3 Å². The Bertz CT molecular complexity index is 1020. The number of nitrogens with zero attached hydrogens (tertiary/aromatic N) is 2. The maximum Gasteiger partial charge on any atom is 0.313 e. The molecule has 2 N–H and O–H groups in total. The van der Waals surface area contributed by atoms with E-state index in [0.29, 0.717) is 0 Å². The molecule has 2 aromatic rings. The summed E-state index contributed by atoms with van der Waals surface area (Å²) in [5.41, 5.74) is 2.24. The van der Waals surface area contributed by atoms with Crippen LogP contribution in [0.3, 0.4) is 0 Å². The van der Waals surface area contributed by atoms with E-state index in [2.05, 4.69) is 10.4 Å². The molecule has 2 aliphatic rings. The molecule has 9 heteroatoms. The first-order valence-electron chi connectivity index (χ1n) is 10.8. The van der Waals surface area contributed by atoms with Crippen LogP contribution in [0.4, 0.5) is 23.4 Å². The lowest BCUT2D eigenvalue weighted by molar-refractivity contribution is -0.313. The smallest absolute Gasteiger partial charge is 0.313 e. The van der Waals surface area contributed by atoms with Crippen molar-refractivity contribution in [2.24, 2.45) is 13.0 Å². The number of alkyl halides is 4. The SMILES string of the molecule is Cn1nc(NC(=O)C[C@H]2CC(F)(F)C2(F)F)c(C2CCC2)c1-c1ccc(C(C)(C)O)cc1. The van der Waals surface area contributed by atoms with Crippen LogP contribution in [0.2, 0.25) is 0 Å². The standard InChI is InChI=1S/C23H27F4N3O2/c1-21(2,32)15-9-7-14(8-10-15)19-18(13-5-4-6-13)20(29-30(19)3)28-17(31)11-16-12-22(24,25)23(16,26)27/h7-10,13,16,32H,4-6,11-12H2,1-3H3,(H,28,29,31)/t16-/m0/s1. The van der Waals surface area contributed by atoms with Gasteiger partial charge in [0.2, 0.25) is 5.91 Å². The van der Waals surface area contributed by atoms with E-state index in [4.69, 9.17) is 0 Å². The van der Waals surface area contributed by atoms with Crippen LogP contribution in [0, 0.1) is 5.92 Å². The molecule has 0 bridgehead atoms. The number of carbonyl (C=O) groups is 1. The number of carbonyl (C=O) groups excluding carboxylic acids is 1. The van der Waals surface area contributed by atoms with Crippen molar-refractivity contribution >= 4 is 11.7 Å². The molecule has 1 aromatic heterocycles. The van der Waals surface area contributed by atoms with Crippen molar-refractivity contribution in [3.8, 4) is 11.3 Å². The summed E-state index contributed by atoms with van der Waals surface area (Å²) in [6.45, 7) is 3.39. The van der Waals surface area contributed by atoms with Crippen LogP contribution < -0.4 is 5.32 Å². The van der Waals surface area contributed by atoms with Crippen LogP contribution in [0.15, 0.2) is 24.3 Å². The highest BCUT2D eigenvalue weighted by atomic mass is 19.3. The topological polar surface area (TPSA) is 67.2 Å². The Morgan fingerprint density at radius 1 is 1.22 bits per heavy atom. The Balaban J connectivity index is 1.59. The normalized spacial score (nSPS) is 22.2. The number of aliphatic hydroxyl groups is 1. The van der Waals surface area contributed by atoms with Crippen molar-refractivity contribution in [2.45, 2.75) is 69.3 Å². The second kappa shape index (κ2) is 7.57. The third kappa shape index (κ3) is 3.80. The number of benzene rings is 1. The van der Waals surface area contributed by atoms with Gasteiger partial charge in [-0.25, -0.2) is 0 Å². The van der Waals surface area contributed by atoms with Gasteiger partial charge in [-0.05, 0) is 38.2 Å². The van der Waals surface area contributed by atoms with E-state index in [-0.39, 0.29) is 11.7 Å². The predicted molar refractivity (Wildman–Crippen MR) is 112 cm³/mol. The average molecular weight is 453 g/mol. The highest BCUT2D eigenvalue weighted by molar-refractivity contribution is 5.92. The van der Waals surface area contributed by atoms with Crippen molar-refractivity contribution < 1.29 is 27.5 Å². The third-order valence-electron chi connectivity index (χ3n) is 6.65. The van der Waals surface area contributed by atoms with Gasteiger partial charge in [0.1, 0.15) is 0 Å². The molecular formula is C23H27F4N3O2. The Hall–Kier alpha value is -2.42. The number of hydrogen-bond donors (Lipinski definition) is 2. The predicted octanol–water partition coefficient (Wildman–Crippen LogP) is 5.20. The van der Waals surface area contributed by atoms with Crippen LogP contribution >= 0.6 is 0 Å². The molecule has 2 fully saturated rings. The first-order chi connectivity index (χ1) is 14.8. The summed E-state index contributed by atoms with van der Waals surface area (Å²) in [6.07, 6.45) is 1.18. The molecule has 32 heavy (non-hydrogen) atoms. The highest BCUT2D eigenvalue weighted by Crippen LogP contribution is 2.56. The fourth-order valence-corrected chi connectivity index (χ4v) is 4.44. The van der Waals surface area contributed by atoms with Gasteiger partial charge in [-0.15, -0.1) is 0 Å². The van der Waals surface area contributed by atoms with Crippen LogP contribution in [0.5, 0.6) is 0 Å². The molecule has 2 saturated carbocycles. The van der Waals surface area contributed by atoms with Crippen molar-refractivity contribution in [3.05, 3.63) is 35.4 Å². The number of amides is 1. The maximum atomic E-state index is 13.6. The number of anilines is 1. The molecule has 1 aromatic carbocycles. The van der Waals surface area contributed by atoms with E-state index < -0.39 is 42.1 Å². The van der Waals surface area contributed by atoms with Crippen LogP contribution in [-0.4, -0.2) is 32.6 Å². The molecule has 1 atom stereocenters. The monoisotopic (exact) mass is 453 g/mol. The molecule has 0 aliphatic heterocycles. The zero-order valence-corrected chi connectivity index (χ0v) is 18.3. The molecule has 2 aliphatic carbocycles. The fourth-order valence-electron chi connectivity index (χ4n) is 4.44. The lowest BCUT2D eigenvalue weighted by Crippen LogP contribution is -2.59. The Morgan fingerprint density at radius 2 is 1.84 bits per heavy atom. The number of aryl methyl sites for hydroxylation is 1. The Kier molecular flexibility index (Phi) is 5.39. The quantitative estimate of drug-likeness (QED) is 0.591. The second-order valence-corrected chi connectivity index (χ2v) is 9.48. The van der Waals surface area contributed by atoms with Gasteiger partial charge in [-0.2, -0.15) is 22.7 Å². The van der Waals surface area contributed by atoms with E-state index in [9.17, 15) is 27.5 Å². The third-order valence-corrected chi connectivity index (χ3v) is 6.65. The molecule has 4 rings (SSSR count). The van der Waals surface area contributed by atoms with Crippen molar-refractivity contribution in [3.63, 3.8) is 0 Å². The summed E-state index contributed by atoms with van der Waals surface area (Å²) in [5.74, 6) is -10.2. The number of hydrogen-bond acceptors (Lipinski definition) is 3. The van der Waals surface area contributed by atoms with Crippen LogP contribution in [-0.2, 0) is 17.4 Å². The largest absolute Gasteiger partial charge is 0.386 e. The molecule has 1 heterocycles. The molecule has 5 nitrogen and oxygen atoms in total. The van der Waals surface area contributed by atoms with Gasteiger partial charge in [0, 0.05) is 36.9 Å². The van der Waals surface area contributed by atoms with Crippen molar-refractivity contribution in [1.82, 2.24) is 9.78 Å². The first-order valence-corrected chi connectivity index (χ1v) is 10.8. The number of aromatic nitrogens is 2. The number of nitrogens with one attached hydrogen (secondary N) is 1. The Morgan fingerprint density at radius 3 is 2.31 bits per heavy atom. The van der Waals surface area contributed by atoms with Crippen molar-refractivity contribution in [1.29, 1.82) is 0 Å². The summed E-state index contributed by atoms with van der Waals surface area (Å²) in [7, 11) is 1.73. The number of halogens is 4. The summed E-state index contributed by atoms with van der Waals surface area (Å²) >= 11 is 0.